The summed E-state index contributed by atoms with van der Waals surface area (Å²) in [7, 11) is -4.90. The first-order chi connectivity index (χ1) is 10.9. The smallest absolute Gasteiger partial charge is 0.425 e. The minimum Gasteiger partial charge on any atom is -0.425 e. The van der Waals surface area contributed by atoms with E-state index in [9.17, 15) is 19.1 Å². The molecule has 9 heteroatoms. The number of nitrogens with two attached hydrogens (primary N) is 2. The van der Waals surface area contributed by atoms with Gasteiger partial charge in [0.05, 0.1) is 0 Å². The summed E-state index contributed by atoms with van der Waals surface area (Å²) in [6.45, 7) is 5.06. The van der Waals surface area contributed by atoms with Crippen molar-refractivity contribution in [1.29, 1.82) is 0 Å². The minimum absolute atomic E-state index is 0.0278. The van der Waals surface area contributed by atoms with Gasteiger partial charge in [-0.1, -0.05) is 44.2 Å². The zero-order valence-corrected chi connectivity index (χ0v) is 14.9. The van der Waals surface area contributed by atoms with Crippen LogP contribution < -0.4 is 11.5 Å². The molecule has 0 saturated carbocycles. The molecule has 8 nitrogen and oxygen atoms in total. The molecule has 1 aromatic rings. The van der Waals surface area contributed by atoms with Crippen molar-refractivity contribution < 1.29 is 28.4 Å². The second-order valence-corrected chi connectivity index (χ2v) is 7.55. The van der Waals surface area contributed by atoms with Crippen molar-refractivity contribution in [2.75, 3.05) is 0 Å². The van der Waals surface area contributed by atoms with E-state index in [1.54, 1.807) is 30.3 Å². The molecule has 0 aliphatic carbocycles. The van der Waals surface area contributed by atoms with Crippen LogP contribution in [0.3, 0.4) is 0 Å². The summed E-state index contributed by atoms with van der Waals surface area (Å²) in [5.74, 6) is -0.0447. The summed E-state index contributed by atoms with van der Waals surface area (Å²) in [5, 5.41) is 0. The lowest BCUT2D eigenvalue weighted by Crippen LogP contribution is -2.64. The number of primary amides is 1. The molecule has 0 aliphatic heterocycles. The predicted molar refractivity (Wildman–Crippen MR) is 88.7 cm³/mol. The molecule has 0 fully saturated rings. The van der Waals surface area contributed by atoms with Crippen LogP contribution in [0.2, 0.25) is 0 Å². The fraction of sp³-hybridized carbons (Fsp3) is 0.533. The van der Waals surface area contributed by atoms with Crippen molar-refractivity contribution in [1.82, 2.24) is 0 Å². The normalized spacial score (nSPS) is 17.1. The number of rotatable bonds is 8. The van der Waals surface area contributed by atoms with Crippen LogP contribution in [-0.4, -0.2) is 27.2 Å². The maximum atomic E-state index is 11.5. The van der Waals surface area contributed by atoms with E-state index in [1.165, 1.54) is 6.92 Å². The average Bonchev–Trinajstić information content (AvgIpc) is 2.35. The molecular weight excluding hydrogens is 335 g/mol. The van der Waals surface area contributed by atoms with E-state index in [4.69, 9.17) is 20.7 Å². The highest BCUT2D eigenvalue weighted by Gasteiger charge is 2.53. The Hall–Kier alpha value is -1.44. The molecule has 24 heavy (non-hydrogen) atoms. The van der Waals surface area contributed by atoms with Crippen LogP contribution >= 0.6 is 7.82 Å². The summed E-state index contributed by atoms with van der Waals surface area (Å²) in [6.07, 6.45) is -1.05. The first-order valence-electron chi connectivity index (χ1n) is 7.44. The van der Waals surface area contributed by atoms with E-state index < -0.39 is 25.2 Å². The lowest BCUT2D eigenvalue weighted by atomic mass is 9.81. The van der Waals surface area contributed by atoms with Gasteiger partial charge in [-0.15, -0.1) is 0 Å². The van der Waals surface area contributed by atoms with Crippen LogP contribution in [0.15, 0.2) is 30.3 Å². The lowest BCUT2D eigenvalue weighted by Gasteiger charge is -2.45. The summed E-state index contributed by atoms with van der Waals surface area (Å²) in [5.41, 5.74) is 8.57. The highest BCUT2D eigenvalue weighted by Crippen LogP contribution is 2.48. The highest BCUT2D eigenvalue weighted by molar-refractivity contribution is 7.46. The molecule has 0 aliphatic rings. The average molecular weight is 360 g/mol. The summed E-state index contributed by atoms with van der Waals surface area (Å²) >= 11 is 0. The number of ether oxygens (including phenoxy) is 1. The Bertz CT molecular complexity index is 605. The van der Waals surface area contributed by atoms with Crippen molar-refractivity contribution in [3.05, 3.63) is 35.9 Å². The van der Waals surface area contributed by atoms with Crippen molar-refractivity contribution in [2.45, 2.75) is 44.9 Å². The third-order valence-electron chi connectivity index (χ3n) is 3.61. The third-order valence-corrected chi connectivity index (χ3v) is 4.25. The number of carbonyl (C=O) groups excluding carboxylic acids is 1. The van der Waals surface area contributed by atoms with Crippen molar-refractivity contribution >= 4 is 13.9 Å². The number of benzene rings is 1. The molecular formula is C15H25N2O6P. The Morgan fingerprint density at radius 2 is 1.83 bits per heavy atom. The Balaban J connectivity index is 3.33. The maximum Gasteiger partial charge on any atom is 0.470 e. The van der Waals surface area contributed by atoms with Gasteiger partial charge in [-0.2, -0.15) is 0 Å². The van der Waals surface area contributed by atoms with E-state index in [-0.39, 0.29) is 18.8 Å². The molecule has 6 N–H and O–H groups in total. The second-order valence-electron chi connectivity index (χ2n) is 6.38. The monoisotopic (exact) mass is 360 g/mol. The molecule has 0 radical (unpaired) electrons. The number of phosphoric ester groups is 1. The van der Waals surface area contributed by atoms with Gasteiger partial charge in [-0.05, 0) is 24.8 Å². The molecule has 1 aromatic carbocycles. The Morgan fingerprint density at radius 3 is 2.25 bits per heavy atom. The molecule has 136 valence electrons. The zero-order chi connectivity index (χ0) is 18.6. The molecule has 0 aromatic heterocycles. The van der Waals surface area contributed by atoms with E-state index in [0.29, 0.717) is 5.56 Å². The summed E-state index contributed by atoms with van der Waals surface area (Å²) in [6, 6.07) is 8.84. The summed E-state index contributed by atoms with van der Waals surface area (Å²) in [4.78, 5) is 30.0. The minimum atomic E-state index is -4.90. The van der Waals surface area contributed by atoms with Gasteiger partial charge in [-0.25, -0.2) is 9.36 Å². The van der Waals surface area contributed by atoms with Crippen molar-refractivity contribution in [3.63, 3.8) is 0 Å². The molecule has 1 rings (SSSR count). The maximum absolute atomic E-state index is 11.5. The Labute approximate surface area is 141 Å². The number of hydrogen-bond donors (Lipinski definition) is 4. The topological polar surface area (TPSA) is 145 Å². The van der Waals surface area contributed by atoms with E-state index in [1.807, 2.05) is 13.8 Å². The highest BCUT2D eigenvalue weighted by atomic mass is 31.2. The third kappa shape index (κ3) is 5.89. The molecule has 0 heterocycles. The fourth-order valence-corrected chi connectivity index (χ4v) is 3.49. The van der Waals surface area contributed by atoms with Gasteiger partial charge in [0.15, 0.2) is 5.72 Å². The van der Waals surface area contributed by atoms with Gasteiger partial charge in [0.2, 0.25) is 0 Å². The first-order valence-corrected chi connectivity index (χ1v) is 8.97. The SMILES string of the molecule is CC(C)CC(C)(OP(=O)(O)O)C(N)(Cc1ccccc1)OC(N)=O. The second kappa shape index (κ2) is 7.63. The quantitative estimate of drug-likeness (QED) is 0.409. The Morgan fingerprint density at radius 1 is 1.29 bits per heavy atom. The van der Waals surface area contributed by atoms with Crippen LogP contribution in [0.25, 0.3) is 0 Å². The van der Waals surface area contributed by atoms with Crippen molar-refractivity contribution in [3.8, 4) is 0 Å². The molecule has 0 spiro atoms. The summed E-state index contributed by atoms with van der Waals surface area (Å²) < 4.78 is 21.5. The number of phosphoric acid groups is 1. The van der Waals surface area contributed by atoms with Gasteiger partial charge in [0.1, 0.15) is 5.60 Å². The van der Waals surface area contributed by atoms with Crippen LogP contribution in [0.1, 0.15) is 32.8 Å². The van der Waals surface area contributed by atoms with Crippen LogP contribution in [0.4, 0.5) is 4.79 Å². The molecule has 2 atom stereocenters. The van der Waals surface area contributed by atoms with Gasteiger partial charge >= 0.3 is 13.9 Å². The standard InChI is InChI=1S/C15H25N2O6P/c1-11(2)9-14(3,23-24(19,20)21)15(17,22-13(16)18)10-12-7-5-4-6-8-12/h4-8,11H,9-10,17H2,1-3H3,(H2,16,18)(H2,19,20,21). The van der Waals surface area contributed by atoms with Crippen LogP contribution in [-0.2, 0) is 20.2 Å². The van der Waals surface area contributed by atoms with Gasteiger partial charge < -0.3 is 20.3 Å². The number of carbonyl (C=O) groups is 1. The number of hydrogen-bond acceptors (Lipinski definition) is 5. The van der Waals surface area contributed by atoms with Crippen LogP contribution in [0.5, 0.6) is 0 Å². The van der Waals surface area contributed by atoms with Crippen LogP contribution in [0, 0.1) is 5.92 Å². The van der Waals surface area contributed by atoms with Gasteiger partial charge in [-0.3, -0.25) is 10.3 Å². The predicted octanol–water partition coefficient (Wildman–Crippen LogP) is 1.89. The Kier molecular flexibility index (Phi) is 6.55. The lowest BCUT2D eigenvalue weighted by molar-refractivity contribution is -0.140. The van der Waals surface area contributed by atoms with E-state index in [0.717, 1.165) is 0 Å². The largest absolute Gasteiger partial charge is 0.470 e. The number of amides is 1. The van der Waals surface area contributed by atoms with Crippen molar-refractivity contribution in [2.24, 2.45) is 17.4 Å². The molecule has 0 bridgehead atoms. The van der Waals surface area contributed by atoms with E-state index >= 15 is 0 Å². The molecule has 2 unspecified atom stereocenters. The van der Waals surface area contributed by atoms with E-state index in [2.05, 4.69) is 0 Å². The molecule has 0 saturated heterocycles. The zero-order valence-electron chi connectivity index (χ0n) is 14.0. The fourth-order valence-electron chi connectivity index (χ4n) is 2.74. The van der Waals surface area contributed by atoms with Gasteiger partial charge in [0, 0.05) is 6.42 Å². The first kappa shape index (κ1) is 20.6. The van der Waals surface area contributed by atoms with Gasteiger partial charge in [0.25, 0.3) is 0 Å². The molecule has 1 amide bonds.